The molecule has 0 radical (unpaired) electrons. The average molecular weight is 299 g/mol. The van der Waals surface area contributed by atoms with Gasteiger partial charge >= 0.3 is 0 Å². The SMILES string of the molecule is CC.CN(C)C(C)(C)C.CSN1CCCCC1.O.O. The molecule has 122 valence electrons. The normalized spacial score (nSPS) is 15.0. The number of hydrogen-bond donors (Lipinski definition) is 0. The first-order valence-corrected chi connectivity index (χ1v) is 8.02. The summed E-state index contributed by atoms with van der Waals surface area (Å²) >= 11 is 1.88. The minimum Gasteiger partial charge on any atom is -0.412 e. The molecule has 19 heavy (non-hydrogen) atoms. The van der Waals surface area contributed by atoms with Crippen LogP contribution in [-0.2, 0) is 0 Å². The third-order valence-corrected chi connectivity index (χ3v) is 3.80. The lowest BCUT2D eigenvalue weighted by Crippen LogP contribution is -2.34. The fourth-order valence-electron chi connectivity index (χ4n) is 1.05. The first-order valence-electron chi connectivity index (χ1n) is 6.84. The zero-order valence-electron chi connectivity index (χ0n) is 14.3. The smallest absolute Gasteiger partial charge is 0.0118 e. The maximum absolute atomic E-state index is 2.43. The van der Waals surface area contributed by atoms with Crippen molar-refractivity contribution in [3.8, 4) is 0 Å². The highest BCUT2D eigenvalue weighted by Gasteiger charge is 2.10. The summed E-state index contributed by atoms with van der Waals surface area (Å²) in [5.74, 6) is 0. The molecule has 0 aromatic rings. The fourth-order valence-corrected chi connectivity index (χ4v) is 1.67. The number of hydrogen-bond acceptors (Lipinski definition) is 3. The van der Waals surface area contributed by atoms with Gasteiger partial charge in [-0.1, -0.05) is 32.2 Å². The van der Waals surface area contributed by atoms with Crippen LogP contribution in [0.15, 0.2) is 0 Å². The largest absolute Gasteiger partial charge is 0.412 e. The highest BCUT2D eigenvalue weighted by atomic mass is 32.2. The van der Waals surface area contributed by atoms with Crippen molar-refractivity contribution in [2.75, 3.05) is 33.4 Å². The lowest BCUT2D eigenvalue weighted by molar-refractivity contribution is 0.219. The highest BCUT2D eigenvalue weighted by Crippen LogP contribution is 2.14. The molecule has 5 heteroatoms. The molecule has 1 fully saturated rings. The summed E-state index contributed by atoms with van der Waals surface area (Å²) < 4.78 is 2.43. The quantitative estimate of drug-likeness (QED) is 0.698. The number of piperidine rings is 1. The summed E-state index contributed by atoms with van der Waals surface area (Å²) in [5, 5.41) is 0. The Morgan fingerprint density at radius 2 is 1.21 bits per heavy atom. The zero-order chi connectivity index (χ0) is 13.9. The predicted molar refractivity (Wildman–Crippen MR) is 91.0 cm³/mol. The van der Waals surface area contributed by atoms with Crippen molar-refractivity contribution in [2.45, 2.75) is 59.4 Å². The van der Waals surface area contributed by atoms with Gasteiger partial charge in [0.2, 0.25) is 0 Å². The summed E-state index contributed by atoms with van der Waals surface area (Å²) in [7, 11) is 4.17. The van der Waals surface area contributed by atoms with E-state index in [1.807, 2.05) is 25.8 Å². The molecule has 0 aromatic carbocycles. The minimum atomic E-state index is 0. The number of rotatable bonds is 1. The molecule has 0 atom stereocenters. The van der Waals surface area contributed by atoms with Gasteiger partial charge in [-0.2, -0.15) is 0 Å². The lowest BCUT2D eigenvalue weighted by atomic mass is 10.1. The Labute approximate surface area is 125 Å². The highest BCUT2D eigenvalue weighted by molar-refractivity contribution is 7.96. The van der Waals surface area contributed by atoms with E-state index in [0.717, 1.165) is 0 Å². The topological polar surface area (TPSA) is 69.5 Å². The van der Waals surface area contributed by atoms with E-state index in [2.05, 4.69) is 50.3 Å². The van der Waals surface area contributed by atoms with Gasteiger partial charge in [-0.25, -0.2) is 0 Å². The van der Waals surface area contributed by atoms with Crippen LogP contribution < -0.4 is 0 Å². The maximum atomic E-state index is 2.43. The predicted octanol–water partition coefficient (Wildman–Crippen LogP) is 2.47. The van der Waals surface area contributed by atoms with Gasteiger partial charge in [-0.05, 0) is 54.0 Å². The molecule has 0 saturated carbocycles. The summed E-state index contributed by atoms with van der Waals surface area (Å²) in [6, 6.07) is 0. The first kappa shape index (κ1) is 27.5. The zero-order valence-corrected chi connectivity index (χ0v) is 15.2. The van der Waals surface area contributed by atoms with Gasteiger partial charge in [0, 0.05) is 18.6 Å². The van der Waals surface area contributed by atoms with Crippen LogP contribution in [0.4, 0.5) is 0 Å². The second-order valence-electron chi connectivity index (χ2n) is 5.24. The average Bonchev–Trinajstić information content (AvgIpc) is 2.32. The van der Waals surface area contributed by atoms with Crippen molar-refractivity contribution in [3.05, 3.63) is 0 Å². The van der Waals surface area contributed by atoms with Gasteiger partial charge in [-0.3, -0.25) is 4.31 Å². The van der Waals surface area contributed by atoms with Crippen LogP contribution in [0.1, 0.15) is 53.9 Å². The summed E-state index contributed by atoms with van der Waals surface area (Å²) in [6.07, 6.45) is 6.41. The molecule has 1 saturated heterocycles. The molecule has 0 spiro atoms. The van der Waals surface area contributed by atoms with E-state index in [0.29, 0.717) is 5.54 Å². The molecule has 1 heterocycles. The second kappa shape index (κ2) is 16.2. The van der Waals surface area contributed by atoms with Gasteiger partial charge in [-0.15, -0.1) is 0 Å². The van der Waals surface area contributed by atoms with Crippen molar-refractivity contribution in [1.29, 1.82) is 0 Å². The summed E-state index contributed by atoms with van der Waals surface area (Å²) in [5.41, 5.74) is 0.333. The number of nitrogens with zero attached hydrogens (tertiary/aromatic N) is 2. The first-order chi connectivity index (χ1) is 7.88. The fraction of sp³-hybridized carbons (Fsp3) is 1.00. The van der Waals surface area contributed by atoms with Crippen LogP contribution in [0.5, 0.6) is 0 Å². The molecular formula is C14H38N2O2S. The molecule has 0 aliphatic carbocycles. The molecule has 1 aliphatic heterocycles. The Balaban J connectivity index is -0.0000000965. The molecule has 0 unspecified atom stereocenters. The molecule has 4 nitrogen and oxygen atoms in total. The molecule has 0 aromatic heterocycles. The van der Waals surface area contributed by atoms with E-state index in [4.69, 9.17) is 0 Å². The van der Waals surface area contributed by atoms with E-state index < -0.39 is 0 Å². The van der Waals surface area contributed by atoms with E-state index in [1.54, 1.807) is 0 Å². The molecule has 0 bridgehead atoms. The second-order valence-corrected chi connectivity index (χ2v) is 6.12. The van der Waals surface area contributed by atoms with Crippen LogP contribution in [0.3, 0.4) is 0 Å². The van der Waals surface area contributed by atoms with Crippen molar-refractivity contribution in [3.63, 3.8) is 0 Å². The molecule has 1 rings (SSSR count). The van der Waals surface area contributed by atoms with Crippen molar-refractivity contribution >= 4 is 11.9 Å². The summed E-state index contributed by atoms with van der Waals surface area (Å²) in [6.45, 7) is 13.2. The van der Waals surface area contributed by atoms with E-state index in [9.17, 15) is 0 Å². The Morgan fingerprint density at radius 3 is 1.37 bits per heavy atom. The standard InChI is InChI=1S/C6H13NS.C6H15N.C2H6.2H2O/c1-8-7-5-3-2-4-6-7;1-6(2,3)7(4)5;1-2;;/h2-6H2,1H3;1-5H3;1-2H3;2*1H2. The van der Waals surface area contributed by atoms with Crippen molar-refractivity contribution < 1.29 is 11.0 Å². The Bertz CT molecular complexity index is 156. The van der Waals surface area contributed by atoms with Crippen molar-refractivity contribution in [1.82, 2.24) is 9.21 Å². The Hall–Kier alpha value is 0.190. The lowest BCUT2D eigenvalue weighted by Gasteiger charge is -2.27. The molecule has 1 aliphatic rings. The molecule has 4 N–H and O–H groups in total. The van der Waals surface area contributed by atoms with E-state index in [-0.39, 0.29) is 11.0 Å². The van der Waals surface area contributed by atoms with Crippen LogP contribution in [0.2, 0.25) is 0 Å². The van der Waals surface area contributed by atoms with Gasteiger partial charge < -0.3 is 15.9 Å². The molecule has 0 amide bonds. The van der Waals surface area contributed by atoms with Crippen LogP contribution in [0, 0.1) is 0 Å². The van der Waals surface area contributed by atoms with E-state index in [1.165, 1.54) is 32.4 Å². The van der Waals surface area contributed by atoms with Crippen molar-refractivity contribution in [2.24, 2.45) is 0 Å². The van der Waals surface area contributed by atoms with Gasteiger partial charge in [0.25, 0.3) is 0 Å². The minimum absolute atomic E-state index is 0. The van der Waals surface area contributed by atoms with Gasteiger partial charge in [0.05, 0.1) is 0 Å². The third kappa shape index (κ3) is 18.2. The monoisotopic (exact) mass is 298 g/mol. The maximum Gasteiger partial charge on any atom is 0.0118 e. The third-order valence-electron chi connectivity index (χ3n) is 2.91. The molecular weight excluding hydrogens is 260 g/mol. The van der Waals surface area contributed by atoms with E-state index >= 15 is 0 Å². The Morgan fingerprint density at radius 1 is 0.895 bits per heavy atom. The van der Waals surface area contributed by atoms with Gasteiger partial charge in [0.1, 0.15) is 0 Å². The summed E-state index contributed by atoms with van der Waals surface area (Å²) in [4.78, 5) is 2.19. The Kier molecular flexibility index (Phi) is 23.5. The van der Waals surface area contributed by atoms with Crippen LogP contribution >= 0.6 is 11.9 Å². The van der Waals surface area contributed by atoms with Crippen LogP contribution in [-0.4, -0.2) is 59.1 Å². The van der Waals surface area contributed by atoms with Crippen LogP contribution in [0.25, 0.3) is 0 Å². The van der Waals surface area contributed by atoms with Gasteiger partial charge in [0.15, 0.2) is 0 Å².